The fraction of sp³-hybridized carbons (Fsp3) is 0.0500. The maximum absolute atomic E-state index is 13.1. The van der Waals surface area contributed by atoms with E-state index in [0.29, 0.717) is 11.4 Å². The summed E-state index contributed by atoms with van der Waals surface area (Å²) in [5.74, 6) is -0.963. The van der Waals surface area contributed by atoms with Crippen molar-refractivity contribution in [3.05, 3.63) is 87.7 Å². The lowest BCUT2D eigenvalue weighted by Crippen LogP contribution is -2.22. The molecule has 0 radical (unpaired) electrons. The molecule has 0 aliphatic rings. The zero-order valence-electron chi connectivity index (χ0n) is 15.0. The van der Waals surface area contributed by atoms with E-state index >= 15 is 0 Å². The molecule has 0 heterocycles. The highest BCUT2D eigenvalue weighted by Crippen LogP contribution is 2.29. The second kappa shape index (κ2) is 9.03. The molecule has 3 N–H and O–H groups in total. The van der Waals surface area contributed by atoms with Crippen LogP contribution >= 0.6 is 11.6 Å². The number of nitro groups is 1. The molecule has 0 saturated heterocycles. The Balaban J connectivity index is 1.74. The number of nitrogens with zero attached hydrogens (tertiary/aromatic N) is 1. The molecule has 148 valence electrons. The van der Waals surface area contributed by atoms with E-state index in [2.05, 4.69) is 16.0 Å². The number of non-ortho nitro benzene ring substituents is 1. The maximum Gasteiger partial charge on any atom is 0.271 e. The minimum absolute atomic E-state index is 0.0696. The topological polar surface area (TPSA) is 96.3 Å². The third kappa shape index (κ3) is 5.43. The molecular weight excluding hydrogens is 399 g/mol. The van der Waals surface area contributed by atoms with Gasteiger partial charge in [-0.25, -0.2) is 4.39 Å². The van der Waals surface area contributed by atoms with Gasteiger partial charge in [0.25, 0.3) is 5.69 Å². The number of para-hydroxylation sites is 1. The van der Waals surface area contributed by atoms with Crippen LogP contribution in [0.15, 0.2) is 66.7 Å². The van der Waals surface area contributed by atoms with Gasteiger partial charge in [0, 0.05) is 17.8 Å². The molecule has 0 bridgehead atoms. The summed E-state index contributed by atoms with van der Waals surface area (Å²) in [5, 5.41) is 19.8. The fourth-order valence-corrected chi connectivity index (χ4v) is 2.75. The predicted octanol–water partition coefficient (Wildman–Crippen LogP) is 5.18. The Morgan fingerprint density at radius 1 is 1.00 bits per heavy atom. The monoisotopic (exact) mass is 414 g/mol. The SMILES string of the molecule is O=C(CNc1cc([N+](=O)[O-])ccc1Nc1ccccc1)Nc1ccc(F)cc1Cl. The van der Waals surface area contributed by atoms with Crippen LogP contribution in [0.2, 0.25) is 5.02 Å². The first-order valence-electron chi connectivity index (χ1n) is 8.51. The van der Waals surface area contributed by atoms with Gasteiger partial charge in [0.15, 0.2) is 0 Å². The second-order valence-corrected chi connectivity index (χ2v) is 6.41. The van der Waals surface area contributed by atoms with Gasteiger partial charge in [-0.05, 0) is 36.4 Å². The number of nitro benzene ring substituents is 1. The van der Waals surface area contributed by atoms with Crippen molar-refractivity contribution in [3.8, 4) is 0 Å². The highest BCUT2D eigenvalue weighted by Gasteiger charge is 2.13. The number of anilines is 4. The average molecular weight is 415 g/mol. The molecule has 3 rings (SSSR count). The van der Waals surface area contributed by atoms with Gasteiger partial charge in [0.2, 0.25) is 5.91 Å². The smallest absolute Gasteiger partial charge is 0.271 e. The number of hydrogen-bond donors (Lipinski definition) is 3. The van der Waals surface area contributed by atoms with Gasteiger partial charge in [-0.2, -0.15) is 0 Å². The minimum Gasteiger partial charge on any atom is -0.374 e. The van der Waals surface area contributed by atoms with Gasteiger partial charge in [0.05, 0.1) is 33.6 Å². The van der Waals surface area contributed by atoms with Gasteiger partial charge in [-0.1, -0.05) is 29.8 Å². The van der Waals surface area contributed by atoms with E-state index in [1.165, 1.54) is 24.3 Å². The van der Waals surface area contributed by atoms with Crippen molar-refractivity contribution in [3.63, 3.8) is 0 Å². The Bertz CT molecular complexity index is 1050. The van der Waals surface area contributed by atoms with Gasteiger partial charge in [0.1, 0.15) is 5.82 Å². The molecular formula is C20H16ClFN4O3. The van der Waals surface area contributed by atoms with Crippen LogP contribution in [0.25, 0.3) is 0 Å². The Morgan fingerprint density at radius 3 is 2.41 bits per heavy atom. The van der Waals surface area contributed by atoms with Crippen molar-refractivity contribution in [1.29, 1.82) is 0 Å². The molecule has 0 aliphatic heterocycles. The molecule has 1 amide bonds. The van der Waals surface area contributed by atoms with E-state index in [-0.39, 0.29) is 22.9 Å². The van der Waals surface area contributed by atoms with Crippen molar-refractivity contribution in [2.45, 2.75) is 0 Å². The second-order valence-electron chi connectivity index (χ2n) is 6.00. The highest BCUT2D eigenvalue weighted by molar-refractivity contribution is 6.33. The van der Waals surface area contributed by atoms with Crippen molar-refractivity contribution in [2.75, 3.05) is 22.5 Å². The Kier molecular flexibility index (Phi) is 6.25. The van der Waals surface area contributed by atoms with Crippen LogP contribution < -0.4 is 16.0 Å². The summed E-state index contributed by atoms with van der Waals surface area (Å²) in [4.78, 5) is 22.8. The lowest BCUT2D eigenvalue weighted by Gasteiger charge is -2.14. The van der Waals surface area contributed by atoms with Gasteiger partial charge in [-0.3, -0.25) is 14.9 Å². The number of rotatable bonds is 7. The van der Waals surface area contributed by atoms with Crippen molar-refractivity contribution in [1.82, 2.24) is 0 Å². The molecule has 0 unspecified atom stereocenters. The molecule has 7 nitrogen and oxygen atoms in total. The van der Waals surface area contributed by atoms with E-state index in [4.69, 9.17) is 11.6 Å². The Hall–Kier alpha value is -3.65. The van der Waals surface area contributed by atoms with E-state index in [0.717, 1.165) is 11.8 Å². The van der Waals surface area contributed by atoms with Crippen LogP contribution in [-0.2, 0) is 4.79 Å². The third-order valence-electron chi connectivity index (χ3n) is 3.91. The number of carbonyl (C=O) groups excluding carboxylic acids is 1. The standard InChI is InChI=1S/C20H16ClFN4O3/c21-16-10-13(22)6-8-17(16)25-20(27)12-23-19-11-15(26(28)29)7-9-18(19)24-14-4-2-1-3-5-14/h1-11,23-24H,12H2,(H,25,27). The average Bonchev–Trinajstić information content (AvgIpc) is 2.70. The summed E-state index contributed by atoms with van der Waals surface area (Å²) in [7, 11) is 0. The van der Waals surface area contributed by atoms with Crippen LogP contribution in [0.3, 0.4) is 0 Å². The molecule has 0 aliphatic carbocycles. The van der Waals surface area contributed by atoms with Crippen molar-refractivity contribution >= 4 is 45.9 Å². The largest absolute Gasteiger partial charge is 0.374 e. The van der Waals surface area contributed by atoms with Crippen LogP contribution in [0.4, 0.5) is 32.8 Å². The zero-order valence-corrected chi connectivity index (χ0v) is 15.7. The molecule has 0 aromatic heterocycles. The fourth-order valence-electron chi connectivity index (χ4n) is 2.54. The van der Waals surface area contributed by atoms with Crippen LogP contribution in [-0.4, -0.2) is 17.4 Å². The first kappa shape index (κ1) is 20.1. The minimum atomic E-state index is -0.518. The van der Waals surface area contributed by atoms with Crippen LogP contribution in [0.5, 0.6) is 0 Å². The first-order chi connectivity index (χ1) is 13.9. The summed E-state index contributed by atoms with van der Waals surface area (Å²) >= 11 is 5.90. The summed E-state index contributed by atoms with van der Waals surface area (Å²) in [6, 6.07) is 17.1. The summed E-state index contributed by atoms with van der Waals surface area (Å²) in [6.07, 6.45) is 0. The molecule has 3 aromatic rings. The predicted molar refractivity (Wildman–Crippen MR) is 111 cm³/mol. The zero-order chi connectivity index (χ0) is 20.8. The molecule has 0 atom stereocenters. The molecule has 3 aromatic carbocycles. The molecule has 29 heavy (non-hydrogen) atoms. The number of halogens is 2. The number of amides is 1. The van der Waals surface area contributed by atoms with E-state index in [1.807, 2.05) is 30.3 Å². The molecule has 0 fully saturated rings. The first-order valence-corrected chi connectivity index (χ1v) is 8.89. The van der Waals surface area contributed by atoms with Crippen LogP contribution in [0.1, 0.15) is 0 Å². The summed E-state index contributed by atoms with van der Waals surface area (Å²) < 4.78 is 13.1. The van der Waals surface area contributed by atoms with E-state index < -0.39 is 16.6 Å². The molecule has 0 saturated carbocycles. The number of benzene rings is 3. The molecule has 9 heteroatoms. The summed E-state index contributed by atoms with van der Waals surface area (Å²) in [6.45, 7) is -0.182. The maximum atomic E-state index is 13.1. The van der Waals surface area contributed by atoms with Crippen molar-refractivity contribution in [2.24, 2.45) is 0 Å². The van der Waals surface area contributed by atoms with E-state index in [9.17, 15) is 19.3 Å². The normalized spacial score (nSPS) is 10.3. The Labute approximate surface area is 170 Å². The highest BCUT2D eigenvalue weighted by atomic mass is 35.5. The van der Waals surface area contributed by atoms with Gasteiger partial charge < -0.3 is 16.0 Å². The Morgan fingerprint density at radius 2 is 1.72 bits per heavy atom. The van der Waals surface area contributed by atoms with Crippen molar-refractivity contribution < 1.29 is 14.1 Å². The summed E-state index contributed by atoms with van der Waals surface area (Å²) in [5.41, 5.74) is 1.87. The molecule has 0 spiro atoms. The van der Waals surface area contributed by atoms with Gasteiger partial charge >= 0.3 is 0 Å². The van der Waals surface area contributed by atoms with Crippen LogP contribution in [0, 0.1) is 15.9 Å². The lowest BCUT2D eigenvalue weighted by atomic mass is 10.2. The van der Waals surface area contributed by atoms with E-state index in [1.54, 1.807) is 6.07 Å². The number of hydrogen-bond acceptors (Lipinski definition) is 5. The lowest BCUT2D eigenvalue weighted by molar-refractivity contribution is -0.384. The number of nitrogens with one attached hydrogen (secondary N) is 3. The number of carbonyl (C=O) groups is 1. The quantitative estimate of drug-likeness (QED) is 0.365. The third-order valence-corrected chi connectivity index (χ3v) is 4.22. The van der Waals surface area contributed by atoms with Gasteiger partial charge in [-0.15, -0.1) is 0 Å².